The lowest BCUT2D eigenvalue weighted by molar-refractivity contribution is 0.0511. The average Bonchev–Trinajstić information content (AvgIpc) is 3.60. The van der Waals surface area contributed by atoms with Crippen molar-refractivity contribution in [3.8, 4) is 51.0 Å². The lowest BCUT2D eigenvalue weighted by Crippen LogP contribution is -2.46. The smallest absolute Gasteiger partial charge is 0.161 e. The molecule has 2 fully saturated rings. The summed E-state index contributed by atoms with van der Waals surface area (Å²) >= 11 is 0. The molecule has 0 aromatic heterocycles. The third-order valence-electron chi connectivity index (χ3n) is 14.8. The van der Waals surface area contributed by atoms with Gasteiger partial charge >= 0.3 is 0 Å². The quantitative estimate of drug-likeness (QED) is 0.183. The van der Waals surface area contributed by atoms with Crippen LogP contribution in [0.4, 0.5) is 0 Å². The van der Waals surface area contributed by atoms with E-state index in [0.29, 0.717) is 17.2 Å². The van der Waals surface area contributed by atoms with Gasteiger partial charge < -0.3 is 24.4 Å². The van der Waals surface area contributed by atoms with Gasteiger partial charge in [-0.3, -0.25) is 0 Å². The number of fused-ring (bicyclic) bond motifs is 14. The van der Waals surface area contributed by atoms with Gasteiger partial charge in [-0.1, -0.05) is 95.3 Å². The molecule has 0 amide bonds. The summed E-state index contributed by atoms with van der Waals surface area (Å²) in [4.78, 5) is 0. The van der Waals surface area contributed by atoms with Crippen molar-refractivity contribution in [2.24, 2.45) is 10.8 Å². The van der Waals surface area contributed by atoms with Crippen molar-refractivity contribution in [1.29, 1.82) is 0 Å². The van der Waals surface area contributed by atoms with Gasteiger partial charge in [0.2, 0.25) is 0 Å². The molecule has 58 heavy (non-hydrogen) atoms. The maximum Gasteiger partial charge on any atom is 0.161 e. The SMILES string of the molecule is COc1ccc2c3c(cc(O)c2c1)C1(CCCCCCC1)c1ccc(CC2(C)CC(C)(C)CC4(C2)c2ccccc2-c2c4cc(O)c4cc(OC)c(OC)cc24)cc1-3. The Kier molecular flexibility index (Phi) is 8.44. The van der Waals surface area contributed by atoms with Crippen molar-refractivity contribution in [2.75, 3.05) is 21.3 Å². The van der Waals surface area contributed by atoms with Gasteiger partial charge in [0.25, 0.3) is 0 Å². The standard InChI is InChI=1S/C53H56O5/c1-50(2)29-51(3,31-53(30-50)40-15-11-10-14-35(40)49-38-25-47(58-6)46(57-5)24-37(38)45(55)27-43(49)53)28-32-16-19-41-39(22-32)48-34-18-17-33(56-4)23-36(34)44(54)26-42(48)52(41)20-12-8-7-9-13-21-52/h10-11,14-19,22-27,54-55H,7-9,12-13,20-21,28-31H2,1-6H3. The number of hydrogen-bond acceptors (Lipinski definition) is 5. The third-order valence-corrected chi connectivity index (χ3v) is 14.8. The molecule has 6 aromatic carbocycles. The average molecular weight is 773 g/mol. The molecule has 2 spiro atoms. The minimum atomic E-state index is -0.277. The Bertz CT molecular complexity index is 2650. The third kappa shape index (κ3) is 5.41. The highest BCUT2D eigenvalue weighted by Gasteiger charge is 2.55. The molecule has 0 heterocycles. The highest BCUT2D eigenvalue weighted by atomic mass is 16.5. The number of methoxy groups -OCH3 is 3. The fourth-order valence-electron chi connectivity index (χ4n) is 13.2. The Morgan fingerprint density at radius 1 is 0.517 bits per heavy atom. The first kappa shape index (κ1) is 37.1. The van der Waals surface area contributed by atoms with Gasteiger partial charge in [-0.15, -0.1) is 0 Å². The topological polar surface area (TPSA) is 68.2 Å². The second-order valence-electron chi connectivity index (χ2n) is 19.3. The Balaban J connectivity index is 1.12. The second kappa shape index (κ2) is 13.2. The van der Waals surface area contributed by atoms with Gasteiger partial charge in [-0.25, -0.2) is 0 Å². The van der Waals surface area contributed by atoms with Gasteiger partial charge in [0.1, 0.15) is 17.2 Å². The summed E-state index contributed by atoms with van der Waals surface area (Å²) in [5, 5.41) is 27.2. The normalized spacial score (nSPS) is 22.6. The highest BCUT2D eigenvalue weighted by molar-refractivity contribution is 6.07. The van der Waals surface area contributed by atoms with Gasteiger partial charge in [0.15, 0.2) is 11.5 Å². The summed E-state index contributed by atoms with van der Waals surface area (Å²) in [6.07, 6.45) is 12.5. The molecule has 2 N–H and O–H groups in total. The Morgan fingerprint density at radius 2 is 1.14 bits per heavy atom. The van der Waals surface area contributed by atoms with Crippen LogP contribution in [-0.2, 0) is 17.3 Å². The lowest BCUT2D eigenvalue weighted by Gasteiger charge is -2.53. The minimum absolute atomic E-state index is 0.0307. The van der Waals surface area contributed by atoms with Crippen molar-refractivity contribution in [2.45, 2.75) is 102 Å². The van der Waals surface area contributed by atoms with E-state index in [1.165, 1.54) is 82.2 Å². The predicted molar refractivity (Wildman–Crippen MR) is 235 cm³/mol. The lowest BCUT2D eigenvalue weighted by atomic mass is 9.51. The minimum Gasteiger partial charge on any atom is -0.507 e. The molecule has 10 rings (SSSR count). The molecule has 2 atom stereocenters. The summed E-state index contributed by atoms with van der Waals surface area (Å²) in [7, 11) is 5.01. The summed E-state index contributed by atoms with van der Waals surface area (Å²) < 4.78 is 17.1. The van der Waals surface area contributed by atoms with Crippen LogP contribution in [0.5, 0.6) is 28.7 Å². The summed E-state index contributed by atoms with van der Waals surface area (Å²) in [6.45, 7) is 7.42. The highest BCUT2D eigenvalue weighted by Crippen LogP contribution is 2.66. The molecule has 2 saturated carbocycles. The van der Waals surface area contributed by atoms with E-state index in [9.17, 15) is 10.2 Å². The number of benzene rings is 6. The molecule has 0 radical (unpaired) electrons. The van der Waals surface area contributed by atoms with E-state index in [2.05, 4.69) is 87.5 Å². The van der Waals surface area contributed by atoms with Crippen molar-refractivity contribution < 1.29 is 24.4 Å². The zero-order valence-electron chi connectivity index (χ0n) is 35.0. The van der Waals surface area contributed by atoms with Crippen LogP contribution in [0.1, 0.15) is 113 Å². The van der Waals surface area contributed by atoms with Gasteiger partial charge in [-0.05, 0) is 153 Å². The Labute approximate surface area is 343 Å². The zero-order valence-corrected chi connectivity index (χ0v) is 35.0. The van der Waals surface area contributed by atoms with Crippen LogP contribution in [-0.4, -0.2) is 31.5 Å². The van der Waals surface area contributed by atoms with E-state index in [4.69, 9.17) is 14.2 Å². The predicted octanol–water partition coefficient (Wildman–Crippen LogP) is 13.2. The first-order valence-corrected chi connectivity index (χ1v) is 21.4. The number of aromatic hydroxyl groups is 2. The molecule has 4 aliphatic rings. The Morgan fingerprint density at radius 3 is 1.84 bits per heavy atom. The molecular formula is C53H56O5. The summed E-state index contributed by atoms with van der Waals surface area (Å²) in [6, 6.07) is 30.7. The number of rotatable bonds is 5. The molecular weight excluding hydrogens is 717 g/mol. The molecule has 5 nitrogen and oxygen atoms in total. The summed E-state index contributed by atoms with van der Waals surface area (Å²) in [5.74, 6) is 2.66. The van der Waals surface area contributed by atoms with Crippen LogP contribution >= 0.6 is 0 Å². The van der Waals surface area contributed by atoms with Gasteiger partial charge in [0.05, 0.1) is 21.3 Å². The van der Waals surface area contributed by atoms with Crippen molar-refractivity contribution >= 4 is 21.5 Å². The van der Waals surface area contributed by atoms with Crippen molar-refractivity contribution in [3.63, 3.8) is 0 Å². The fourth-order valence-corrected chi connectivity index (χ4v) is 13.2. The maximum atomic E-state index is 11.8. The van der Waals surface area contributed by atoms with Crippen LogP contribution in [0.2, 0.25) is 0 Å². The second-order valence-corrected chi connectivity index (χ2v) is 19.3. The first-order chi connectivity index (χ1) is 27.9. The fraction of sp³-hybridized carbons (Fsp3) is 0.396. The van der Waals surface area contributed by atoms with Crippen LogP contribution in [0, 0.1) is 10.8 Å². The van der Waals surface area contributed by atoms with Crippen LogP contribution in [0.15, 0.2) is 84.9 Å². The van der Waals surface area contributed by atoms with E-state index < -0.39 is 0 Å². The molecule has 0 saturated heterocycles. The number of ether oxygens (including phenoxy) is 3. The molecule has 2 unspecified atom stereocenters. The van der Waals surface area contributed by atoms with Gasteiger partial charge in [-0.2, -0.15) is 0 Å². The van der Waals surface area contributed by atoms with Crippen LogP contribution < -0.4 is 14.2 Å². The van der Waals surface area contributed by atoms with Crippen LogP contribution in [0.3, 0.4) is 0 Å². The van der Waals surface area contributed by atoms with E-state index in [1.54, 1.807) is 21.3 Å². The molecule has 4 aliphatic carbocycles. The van der Waals surface area contributed by atoms with E-state index >= 15 is 0 Å². The first-order valence-electron chi connectivity index (χ1n) is 21.4. The largest absolute Gasteiger partial charge is 0.507 e. The molecule has 5 heteroatoms. The van der Waals surface area contributed by atoms with Crippen molar-refractivity contribution in [3.05, 3.63) is 113 Å². The number of phenols is 2. The van der Waals surface area contributed by atoms with Crippen LogP contribution in [0.25, 0.3) is 43.8 Å². The molecule has 6 aromatic rings. The monoisotopic (exact) mass is 772 g/mol. The zero-order chi connectivity index (χ0) is 40.2. The number of hydrogen-bond donors (Lipinski definition) is 2. The Hall–Kier alpha value is -5.16. The number of phenolic OH excluding ortho intramolecular Hbond substituents is 2. The van der Waals surface area contributed by atoms with Gasteiger partial charge in [0, 0.05) is 21.6 Å². The van der Waals surface area contributed by atoms with E-state index in [0.717, 1.165) is 65.8 Å². The van der Waals surface area contributed by atoms with Crippen molar-refractivity contribution in [1.82, 2.24) is 0 Å². The van der Waals surface area contributed by atoms with E-state index in [1.807, 2.05) is 18.2 Å². The molecule has 298 valence electrons. The summed E-state index contributed by atoms with van der Waals surface area (Å²) in [5.41, 5.74) is 11.4. The molecule has 0 aliphatic heterocycles. The van der Waals surface area contributed by atoms with E-state index in [-0.39, 0.29) is 27.4 Å². The molecule has 0 bridgehead atoms. The maximum absolute atomic E-state index is 11.8.